The summed E-state index contributed by atoms with van der Waals surface area (Å²) in [6.07, 6.45) is 7.51. The summed E-state index contributed by atoms with van der Waals surface area (Å²) in [5, 5.41) is 6.79. The van der Waals surface area contributed by atoms with E-state index in [9.17, 15) is 4.79 Å². The van der Waals surface area contributed by atoms with Crippen LogP contribution in [0.15, 0.2) is 47.7 Å². The van der Waals surface area contributed by atoms with Crippen LogP contribution in [0.25, 0.3) is 0 Å². The maximum Gasteiger partial charge on any atom is 0.222 e. The fourth-order valence-corrected chi connectivity index (χ4v) is 3.78. The monoisotopic (exact) mass is 538 g/mol. The second kappa shape index (κ2) is 13.3. The molecule has 31 heavy (non-hydrogen) atoms. The highest BCUT2D eigenvalue weighted by Gasteiger charge is 2.25. The number of rotatable bonds is 9. The Kier molecular flexibility index (Phi) is 10.8. The number of benzene rings is 1. The van der Waals surface area contributed by atoms with Crippen LogP contribution >= 0.6 is 24.0 Å². The highest BCUT2D eigenvalue weighted by atomic mass is 127. The lowest BCUT2D eigenvalue weighted by Crippen LogP contribution is -2.45. The molecule has 8 heteroatoms. The quantitative estimate of drug-likeness (QED) is 0.292. The number of nitrogens with zero attached hydrogens (tertiary/aromatic N) is 4. The number of carbonyl (C=O) groups excluding carboxylic acids is 1. The molecule has 1 aromatic heterocycles. The largest absolute Gasteiger partial charge is 0.357 e. The van der Waals surface area contributed by atoms with Crippen LogP contribution in [-0.2, 0) is 24.3 Å². The minimum Gasteiger partial charge on any atom is -0.357 e. The molecule has 0 saturated carbocycles. The van der Waals surface area contributed by atoms with E-state index in [0.29, 0.717) is 13.0 Å². The predicted molar refractivity (Wildman–Crippen MR) is 136 cm³/mol. The summed E-state index contributed by atoms with van der Waals surface area (Å²) < 4.78 is 2.19. The molecule has 1 fully saturated rings. The van der Waals surface area contributed by atoms with Crippen LogP contribution in [0.3, 0.4) is 0 Å². The third kappa shape index (κ3) is 7.83. The van der Waals surface area contributed by atoms with Gasteiger partial charge in [0.15, 0.2) is 5.96 Å². The van der Waals surface area contributed by atoms with E-state index < -0.39 is 0 Å². The molecule has 0 aliphatic carbocycles. The summed E-state index contributed by atoms with van der Waals surface area (Å²) in [4.78, 5) is 23.1. The molecular weight excluding hydrogens is 503 g/mol. The van der Waals surface area contributed by atoms with Gasteiger partial charge >= 0.3 is 0 Å². The van der Waals surface area contributed by atoms with Crippen LogP contribution in [0, 0.1) is 0 Å². The molecule has 1 aliphatic heterocycles. The van der Waals surface area contributed by atoms with Gasteiger partial charge in [-0.15, -0.1) is 24.0 Å². The number of amides is 1. The maximum atomic E-state index is 11.9. The normalized spacial score (nSPS) is 16.1. The zero-order valence-corrected chi connectivity index (χ0v) is 20.9. The third-order valence-electron chi connectivity index (χ3n) is 5.42. The molecular formula is C23H35IN6O. The number of nitrogens with one attached hydrogen (secondary N) is 2. The number of aliphatic imine (C=N–C) groups is 1. The Bertz CT molecular complexity index is 822. The van der Waals surface area contributed by atoms with Gasteiger partial charge in [-0.25, -0.2) is 9.98 Å². The van der Waals surface area contributed by atoms with E-state index in [1.54, 1.807) is 0 Å². The average Bonchev–Trinajstić information content (AvgIpc) is 3.42. The molecule has 1 unspecified atom stereocenters. The number of hydrogen-bond donors (Lipinski definition) is 2. The lowest BCUT2D eigenvalue weighted by molar-refractivity contribution is -0.129. The van der Waals surface area contributed by atoms with Crippen molar-refractivity contribution in [3.05, 3.63) is 54.1 Å². The summed E-state index contributed by atoms with van der Waals surface area (Å²) in [5.41, 5.74) is 1.36. The molecule has 1 saturated heterocycles. The lowest BCUT2D eigenvalue weighted by atomic mass is 10.1. The fraction of sp³-hybridized carbons (Fsp3) is 0.522. The van der Waals surface area contributed by atoms with E-state index in [4.69, 9.17) is 4.99 Å². The van der Waals surface area contributed by atoms with Crippen LogP contribution in [0.2, 0.25) is 0 Å². The Morgan fingerprint density at radius 1 is 1.26 bits per heavy atom. The zero-order valence-electron chi connectivity index (χ0n) is 18.6. The molecule has 3 rings (SSSR count). The van der Waals surface area contributed by atoms with Gasteiger partial charge < -0.3 is 20.1 Å². The van der Waals surface area contributed by atoms with Gasteiger partial charge in [0.1, 0.15) is 12.4 Å². The van der Waals surface area contributed by atoms with Gasteiger partial charge in [0, 0.05) is 51.0 Å². The standard InChI is InChI=1S/C23H34N6O.HI/c1-3-22(30)29-15-12-20(18-29)27-23(24-4-2)26-17-21-25-13-16-28(21)14-8-11-19-9-6-5-7-10-19;/h5-7,9-10,13,16,20H,3-4,8,11-12,14-15,17-18H2,1-2H3,(H2,24,26,27);1H. The van der Waals surface area contributed by atoms with Crippen molar-refractivity contribution < 1.29 is 4.79 Å². The summed E-state index contributed by atoms with van der Waals surface area (Å²) in [7, 11) is 0. The highest BCUT2D eigenvalue weighted by molar-refractivity contribution is 14.0. The number of aryl methyl sites for hydroxylation is 2. The molecule has 1 amide bonds. The molecule has 1 aliphatic rings. The van der Waals surface area contributed by atoms with Gasteiger partial charge in [-0.3, -0.25) is 4.79 Å². The number of guanidine groups is 1. The highest BCUT2D eigenvalue weighted by Crippen LogP contribution is 2.11. The molecule has 0 bridgehead atoms. The van der Waals surface area contributed by atoms with Crippen molar-refractivity contribution in [2.24, 2.45) is 4.99 Å². The van der Waals surface area contributed by atoms with Gasteiger partial charge in [0.25, 0.3) is 0 Å². The van der Waals surface area contributed by atoms with Crippen molar-refractivity contribution in [1.82, 2.24) is 25.1 Å². The molecule has 0 radical (unpaired) electrons. The van der Waals surface area contributed by atoms with E-state index in [1.807, 2.05) is 24.2 Å². The van der Waals surface area contributed by atoms with Crippen molar-refractivity contribution in [3.63, 3.8) is 0 Å². The van der Waals surface area contributed by atoms with Crippen LogP contribution in [0.5, 0.6) is 0 Å². The lowest BCUT2D eigenvalue weighted by Gasteiger charge is -2.18. The Hall–Kier alpha value is -2.10. The number of likely N-dealkylation sites (tertiary alicyclic amines) is 1. The SMILES string of the molecule is CCNC(=NCc1nccn1CCCc1ccccc1)NC1CCN(C(=O)CC)C1.I. The number of carbonyl (C=O) groups is 1. The van der Waals surface area contributed by atoms with Crippen molar-refractivity contribution in [2.75, 3.05) is 19.6 Å². The Labute approximate surface area is 202 Å². The minimum absolute atomic E-state index is 0. The minimum atomic E-state index is 0. The maximum absolute atomic E-state index is 11.9. The summed E-state index contributed by atoms with van der Waals surface area (Å²) >= 11 is 0. The molecule has 7 nitrogen and oxygen atoms in total. The van der Waals surface area contributed by atoms with E-state index in [0.717, 1.165) is 57.2 Å². The van der Waals surface area contributed by atoms with Gasteiger partial charge in [-0.2, -0.15) is 0 Å². The number of imidazole rings is 1. The van der Waals surface area contributed by atoms with Crippen molar-refractivity contribution in [3.8, 4) is 0 Å². The third-order valence-corrected chi connectivity index (χ3v) is 5.42. The van der Waals surface area contributed by atoms with Crippen LogP contribution in [0.4, 0.5) is 0 Å². The Morgan fingerprint density at radius 2 is 2.06 bits per heavy atom. The second-order valence-corrected chi connectivity index (χ2v) is 7.64. The number of aromatic nitrogens is 2. The second-order valence-electron chi connectivity index (χ2n) is 7.64. The fourth-order valence-electron chi connectivity index (χ4n) is 3.78. The van der Waals surface area contributed by atoms with E-state index in [-0.39, 0.29) is 35.9 Å². The van der Waals surface area contributed by atoms with Crippen LogP contribution < -0.4 is 10.6 Å². The van der Waals surface area contributed by atoms with Crippen molar-refractivity contribution in [2.45, 2.75) is 58.7 Å². The first-order valence-electron chi connectivity index (χ1n) is 11.1. The molecule has 1 aromatic carbocycles. The summed E-state index contributed by atoms with van der Waals surface area (Å²) in [5.74, 6) is 1.97. The van der Waals surface area contributed by atoms with Gasteiger partial charge in [0.05, 0.1) is 0 Å². The molecule has 170 valence electrons. The van der Waals surface area contributed by atoms with Crippen LogP contribution in [0.1, 0.15) is 44.5 Å². The van der Waals surface area contributed by atoms with Crippen molar-refractivity contribution >= 4 is 35.8 Å². The first kappa shape index (κ1) is 25.2. The average molecular weight is 538 g/mol. The molecule has 2 aromatic rings. The van der Waals surface area contributed by atoms with Gasteiger partial charge in [-0.1, -0.05) is 37.3 Å². The van der Waals surface area contributed by atoms with Crippen LogP contribution in [-0.4, -0.2) is 52.0 Å². The van der Waals surface area contributed by atoms with E-state index in [1.165, 1.54) is 5.56 Å². The summed E-state index contributed by atoms with van der Waals surface area (Å²) in [6.45, 7) is 7.78. The number of halogens is 1. The molecule has 2 heterocycles. The number of hydrogen-bond acceptors (Lipinski definition) is 3. The summed E-state index contributed by atoms with van der Waals surface area (Å²) in [6, 6.07) is 10.8. The van der Waals surface area contributed by atoms with Crippen molar-refractivity contribution in [1.29, 1.82) is 0 Å². The van der Waals surface area contributed by atoms with E-state index >= 15 is 0 Å². The first-order valence-corrected chi connectivity index (χ1v) is 11.1. The Morgan fingerprint density at radius 3 is 2.81 bits per heavy atom. The van der Waals surface area contributed by atoms with Gasteiger partial charge in [0.2, 0.25) is 5.91 Å². The zero-order chi connectivity index (χ0) is 21.2. The van der Waals surface area contributed by atoms with E-state index in [2.05, 4.69) is 57.4 Å². The van der Waals surface area contributed by atoms with Gasteiger partial charge in [-0.05, 0) is 31.7 Å². The predicted octanol–water partition coefficient (Wildman–Crippen LogP) is 3.20. The molecule has 1 atom stereocenters. The smallest absolute Gasteiger partial charge is 0.222 e. The first-order chi connectivity index (χ1) is 14.7. The Balaban J connectivity index is 0.00000341. The molecule has 2 N–H and O–H groups in total. The topological polar surface area (TPSA) is 74.6 Å². The molecule has 0 spiro atoms.